The van der Waals surface area contributed by atoms with Crippen molar-refractivity contribution in [2.24, 2.45) is 0 Å². The number of aliphatic hydroxyl groups excluding tert-OH is 1. The van der Waals surface area contributed by atoms with E-state index >= 15 is 0 Å². The molecule has 37 heavy (non-hydrogen) atoms. The van der Waals surface area contributed by atoms with Crippen LogP contribution in [-0.4, -0.2) is 35.1 Å². The smallest absolute Gasteiger partial charge is 0.270 e. The molecule has 4 aromatic rings. The number of aromatic nitrogens is 1. The number of nitro benzene ring substituents is 1. The number of nitro groups is 1. The Morgan fingerprint density at radius 3 is 2.51 bits per heavy atom. The van der Waals surface area contributed by atoms with E-state index in [2.05, 4.69) is 14.6 Å². The van der Waals surface area contributed by atoms with Crippen molar-refractivity contribution >= 4 is 32.3 Å². The summed E-state index contributed by atoms with van der Waals surface area (Å²) in [6.07, 6.45) is 1.83. The Morgan fingerprint density at radius 1 is 1.03 bits per heavy atom. The number of aryl methyl sites for hydroxylation is 1. The standard InChI is InChI=1S/C27H30N4O5S/c1-27(2,14-16-30-15-13-20-18-23(31(33)34)11-12-25(20)30)28-19-26(32)21-7-6-8-22(17-21)29-37(35,36)24-9-4-3-5-10-24/h3-13,15,17-18,26,28-29,32H,14,16,19H2,1-2H3/t26-/m0/s1. The Bertz CT molecular complexity index is 1500. The summed E-state index contributed by atoms with van der Waals surface area (Å²) >= 11 is 0. The van der Waals surface area contributed by atoms with Crippen molar-refractivity contribution in [2.75, 3.05) is 11.3 Å². The van der Waals surface area contributed by atoms with Crippen molar-refractivity contribution in [1.82, 2.24) is 9.88 Å². The van der Waals surface area contributed by atoms with Crippen LogP contribution in [0, 0.1) is 10.1 Å². The molecule has 194 valence electrons. The fraction of sp³-hybridized carbons (Fsp3) is 0.259. The van der Waals surface area contributed by atoms with Crippen LogP contribution in [0.1, 0.15) is 31.9 Å². The first-order chi connectivity index (χ1) is 17.5. The lowest BCUT2D eigenvalue weighted by atomic mass is 9.99. The van der Waals surface area contributed by atoms with Gasteiger partial charge in [0.15, 0.2) is 0 Å². The molecule has 10 heteroatoms. The normalized spacial score (nSPS) is 12.9. The maximum atomic E-state index is 12.6. The number of β-amino-alcohol motifs (C(OH)–C–C–N with tert-alkyl or cyclic N) is 1. The van der Waals surface area contributed by atoms with Crippen LogP contribution in [0.3, 0.4) is 0 Å². The summed E-state index contributed by atoms with van der Waals surface area (Å²) in [5.74, 6) is 0. The van der Waals surface area contributed by atoms with Crippen molar-refractivity contribution in [3.05, 3.63) is 101 Å². The van der Waals surface area contributed by atoms with Gasteiger partial charge in [-0.25, -0.2) is 8.42 Å². The van der Waals surface area contributed by atoms with Gasteiger partial charge in [0, 0.05) is 53.5 Å². The summed E-state index contributed by atoms with van der Waals surface area (Å²) in [7, 11) is -3.73. The third-order valence-corrected chi connectivity index (χ3v) is 7.69. The summed E-state index contributed by atoms with van der Waals surface area (Å²) in [5, 5.41) is 26.0. The highest BCUT2D eigenvalue weighted by molar-refractivity contribution is 7.92. The van der Waals surface area contributed by atoms with E-state index in [1.807, 2.05) is 26.1 Å². The van der Waals surface area contributed by atoms with E-state index in [1.54, 1.807) is 54.6 Å². The van der Waals surface area contributed by atoms with Gasteiger partial charge >= 0.3 is 0 Å². The second-order valence-corrected chi connectivity index (χ2v) is 11.3. The lowest BCUT2D eigenvalue weighted by molar-refractivity contribution is -0.384. The SMILES string of the molecule is CC(C)(CCn1ccc2cc([N+](=O)[O-])ccc21)NC[C@H](O)c1cccc(NS(=O)(=O)c2ccccc2)c1. The summed E-state index contributed by atoms with van der Waals surface area (Å²) < 4.78 is 29.9. The number of benzene rings is 3. The van der Waals surface area contributed by atoms with Gasteiger partial charge in [-0.15, -0.1) is 0 Å². The van der Waals surface area contributed by atoms with Gasteiger partial charge in [-0.1, -0.05) is 30.3 Å². The fourth-order valence-corrected chi connectivity index (χ4v) is 5.17. The van der Waals surface area contributed by atoms with Gasteiger partial charge in [-0.3, -0.25) is 14.8 Å². The number of rotatable bonds is 11. The van der Waals surface area contributed by atoms with Crippen molar-refractivity contribution in [3.63, 3.8) is 0 Å². The molecule has 4 rings (SSSR count). The lowest BCUT2D eigenvalue weighted by Crippen LogP contribution is -2.42. The van der Waals surface area contributed by atoms with E-state index in [0.29, 0.717) is 17.8 Å². The largest absolute Gasteiger partial charge is 0.387 e. The zero-order chi connectivity index (χ0) is 26.6. The van der Waals surface area contributed by atoms with Crippen molar-refractivity contribution in [2.45, 2.75) is 43.4 Å². The molecule has 0 bridgehead atoms. The maximum Gasteiger partial charge on any atom is 0.270 e. The maximum absolute atomic E-state index is 12.6. The van der Waals surface area contributed by atoms with Gasteiger partial charge < -0.3 is 15.0 Å². The number of nitrogens with one attached hydrogen (secondary N) is 2. The molecule has 0 unspecified atom stereocenters. The second-order valence-electron chi connectivity index (χ2n) is 9.58. The molecule has 0 aliphatic heterocycles. The molecule has 1 atom stereocenters. The number of anilines is 1. The topological polar surface area (TPSA) is 126 Å². The van der Waals surface area contributed by atoms with E-state index in [1.165, 1.54) is 18.2 Å². The van der Waals surface area contributed by atoms with Crippen LogP contribution in [0.4, 0.5) is 11.4 Å². The molecule has 0 fully saturated rings. The third kappa shape index (κ3) is 6.53. The molecule has 0 saturated heterocycles. The van der Waals surface area contributed by atoms with Crippen LogP contribution in [0.5, 0.6) is 0 Å². The number of aliphatic hydroxyl groups is 1. The lowest BCUT2D eigenvalue weighted by Gasteiger charge is -2.28. The van der Waals surface area contributed by atoms with Crippen molar-refractivity contribution in [3.8, 4) is 0 Å². The molecule has 0 radical (unpaired) electrons. The molecule has 0 spiro atoms. The van der Waals surface area contributed by atoms with Gasteiger partial charge in [0.1, 0.15) is 0 Å². The first kappa shape index (κ1) is 26.3. The molecule has 0 aliphatic carbocycles. The van der Waals surface area contributed by atoms with Gasteiger partial charge in [-0.2, -0.15) is 0 Å². The van der Waals surface area contributed by atoms with Gasteiger partial charge in [0.25, 0.3) is 15.7 Å². The number of hydrogen-bond acceptors (Lipinski definition) is 6. The summed E-state index contributed by atoms with van der Waals surface area (Å²) in [6.45, 7) is 5.05. The minimum Gasteiger partial charge on any atom is -0.387 e. The fourth-order valence-electron chi connectivity index (χ4n) is 4.10. The number of nitrogens with zero attached hydrogens (tertiary/aromatic N) is 2. The minimum atomic E-state index is -3.73. The van der Waals surface area contributed by atoms with Crippen molar-refractivity contribution < 1.29 is 18.4 Å². The Morgan fingerprint density at radius 2 is 1.78 bits per heavy atom. The Balaban J connectivity index is 1.35. The van der Waals surface area contributed by atoms with Crippen LogP contribution in [0.15, 0.2) is 90.0 Å². The minimum absolute atomic E-state index is 0.0677. The molecular formula is C27H30N4O5S. The Labute approximate surface area is 216 Å². The van der Waals surface area contributed by atoms with Gasteiger partial charge in [0.05, 0.1) is 15.9 Å². The highest BCUT2D eigenvalue weighted by atomic mass is 32.2. The summed E-state index contributed by atoms with van der Waals surface area (Å²) in [5.41, 5.74) is 1.65. The summed E-state index contributed by atoms with van der Waals surface area (Å²) in [4.78, 5) is 10.8. The van der Waals surface area contributed by atoms with Crippen LogP contribution < -0.4 is 10.0 Å². The molecule has 0 amide bonds. The molecular weight excluding hydrogens is 492 g/mol. The number of fused-ring (bicyclic) bond motifs is 1. The average molecular weight is 523 g/mol. The molecule has 0 aliphatic rings. The van der Waals surface area contributed by atoms with Gasteiger partial charge in [0.2, 0.25) is 0 Å². The van der Waals surface area contributed by atoms with Crippen LogP contribution in [0.25, 0.3) is 10.9 Å². The third-order valence-electron chi connectivity index (χ3n) is 6.29. The number of non-ortho nitro benzene ring substituents is 1. The van der Waals surface area contributed by atoms with Crippen LogP contribution >= 0.6 is 0 Å². The van der Waals surface area contributed by atoms with Crippen molar-refractivity contribution in [1.29, 1.82) is 0 Å². The van der Waals surface area contributed by atoms with E-state index in [4.69, 9.17) is 0 Å². The number of sulfonamides is 1. The molecule has 1 heterocycles. The number of hydrogen-bond donors (Lipinski definition) is 3. The van der Waals surface area contributed by atoms with E-state index in [-0.39, 0.29) is 22.7 Å². The second kappa shape index (κ2) is 10.7. The molecule has 0 saturated carbocycles. The molecule has 3 N–H and O–H groups in total. The van der Waals surface area contributed by atoms with E-state index in [9.17, 15) is 23.6 Å². The molecule has 1 aromatic heterocycles. The highest BCUT2D eigenvalue weighted by Crippen LogP contribution is 2.24. The zero-order valence-electron chi connectivity index (χ0n) is 20.7. The Kier molecular flexibility index (Phi) is 7.63. The quantitative estimate of drug-likeness (QED) is 0.191. The Hall–Kier alpha value is -3.73. The average Bonchev–Trinajstić information content (AvgIpc) is 3.29. The molecule has 3 aromatic carbocycles. The van der Waals surface area contributed by atoms with Crippen LogP contribution in [-0.2, 0) is 16.6 Å². The predicted octanol–water partition coefficient (Wildman–Crippen LogP) is 4.84. The first-order valence-electron chi connectivity index (χ1n) is 11.9. The zero-order valence-corrected chi connectivity index (χ0v) is 21.5. The van der Waals surface area contributed by atoms with E-state index in [0.717, 1.165) is 17.3 Å². The van der Waals surface area contributed by atoms with Gasteiger partial charge in [-0.05, 0) is 62.2 Å². The summed E-state index contributed by atoms with van der Waals surface area (Å²) in [6, 6.07) is 21.5. The predicted molar refractivity (Wildman–Crippen MR) is 144 cm³/mol. The highest BCUT2D eigenvalue weighted by Gasteiger charge is 2.21. The van der Waals surface area contributed by atoms with Crippen LogP contribution in [0.2, 0.25) is 0 Å². The van der Waals surface area contributed by atoms with E-state index < -0.39 is 21.1 Å². The monoisotopic (exact) mass is 522 g/mol. The molecule has 9 nitrogen and oxygen atoms in total. The first-order valence-corrected chi connectivity index (χ1v) is 13.4.